The monoisotopic (exact) mass is 282 g/mol. The summed E-state index contributed by atoms with van der Waals surface area (Å²) in [6.45, 7) is 3.92. The lowest BCUT2D eigenvalue weighted by Crippen LogP contribution is -2.46. The number of nitrogens with zero attached hydrogens (tertiary/aromatic N) is 2. The number of aromatic nitrogens is 2. The highest BCUT2D eigenvalue weighted by molar-refractivity contribution is 5.88. The van der Waals surface area contributed by atoms with Crippen LogP contribution in [0.1, 0.15) is 31.9 Å². The van der Waals surface area contributed by atoms with Gasteiger partial charge in [0.15, 0.2) is 0 Å². The van der Waals surface area contributed by atoms with Gasteiger partial charge in [0.05, 0.1) is 13.3 Å². The first kappa shape index (κ1) is 16.2. The molecule has 0 aromatic carbocycles. The van der Waals surface area contributed by atoms with Crippen LogP contribution < -0.4 is 11.1 Å². The molecule has 0 aliphatic heterocycles. The summed E-state index contributed by atoms with van der Waals surface area (Å²) < 4.78 is 6.26. The van der Waals surface area contributed by atoms with Crippen LogP contribution in [0.15, 0.2) is 12.4 Å². The minimum Gasteiger partial charge on any atom is -0.467 e. The zero-order chi connectivity index (χ0) is 15.3. The molecular formula is C13H22N4O3. The fourth-order valence-corrected chi connectivity index (χ4v) is 1.84. The average molecular weight is 282 g/mol. The molecule has 0 saturated heterocycles. The third kappa shape index (κ3) is 4.34. The van der Waals surface area contributed by atoms with Crippen molar-refractivity contribution in [1.29, 1.82) is 0 Å². The van der Waals surface area contributed by atoms with Crippen LogP contribution in [0.5, 0.6) is 0 Å². The minimum atomic E-state index is -0.858. The predicted molar refractivity (Wildman–Crippen MR) is 73.5 cm³/mol. The Bertz CT molecular complexity index is 470. The lowest BCUT2D eigenvalue weighted by atomic mass is 10.0. The van der Waals surface area contributed by atoms with E-state index in [2.05, 4.69) is 10.4 Å². The summed E-state index contributed by atoms with van der Waals surface area (Å²) in [4.78, 5) is 23.7. The van der Waals surface area contributed by atoms with Crippen molar-refractivity contribution in [3.63, 3.8) is 0 Å². The van der Waals surface area contributed by atoms with E-state index in [0.29, 0.717) is 12.0 Å². The number of carbonyl (C=O) groups excluding carboxylic acids is 2. The van der Waals surface area contributed by atoms with Crippen molar-refractivity contribution < 1.29 is 14.3 Å². The number of carbonyl (C=O) groups is 2. The molecule has 1 heterocycles. The number of ether oxygens (including phenoxy) is 1. The van der Waals surface area contributed by atoms with Crippen molar-refractivity contribution in [1.82, 2.24) is 15.1 Å². The van der Waals surface area contributed by atoms with Crippen LogP contribution >= 0.6 is 0 Å². The van der Waals surface area contributed by atoms with Crippen LogP contribution in [0.4, 0.5) is 0 Å². The Labute approximate surface area is 118 Å². The molecule has 0 spiro atoms. The number of aryl methyl sites for hydroxylation is 1. The van der Waals surface area contributed by atoms with E-state index in [4.69, 9.17) is 10.5 Å². The van der Waals surface area contributed by atoms with E-state index in [9.17, 15) is 9.59 Å². The molecule has 1 aromatic heterocycles. The maximum atomic E-state index is 12.1. The summed E-state index contributed by atoms with van der Waals surface area (Å²) in [5, 5.41) is 6.59. The number of hydrogen-bond acceptors (Lipinski definition) is 5. The Morgan fingerprint density at radius 1 is 1.50 bits per heavy atom. The van der Waals surface area contributed by atoms with Gasteiger partial charge in [-0.1, -0.05) is 13.8 Å². The summed E-state index contributed by atoms with van der Waals surface area (Å²) in [6.07, 6.45) is 3.69. The highest BCUT2D eigenvalue weighted by atomic mass is 16.5. The van der Waals surface area contributed by atoms with Crippen molar-refractivity contribution >= 4 is 11.9 Å². The molecule has 1 aromatic rings. The lowest BCUT2D eigenvalue weighted by molar-refractivity contribution is -0.145. The van der Waals surface area contributed by atoms with Gasteiger partial charge in [0.25, 0.3) is 0 Å². The maximum Gasteiger partial charge on any atom is 0.328 e. The number of nitrogens with one attached hydrogen (secondary N) is 1. The van der Waals surface area contributed by atoms with Gasteiger partial charge in [-0.3, -0.25) is 9.48 Å². The number of esters is 1. The zero-order valence-electron chi connectivity index (χ0n) is 12.3. The Morgan fingerprint density at radius 3 is 2.60 bits per heavy atom. The van der Waals surface area contributed by atoms with E-state index in [0.717, 1.165) is 0 Å². The van der Waals surface area contributed by atoms with Crippen LogP contribution in [-0.2, 0) is 21.4 Å². The van der Waals surface area contributed by atoms with Gasteiger partial charge in [-0.05, 0) is 12.3 Å². The van der Waals surface area contributed by atoms with Gasteiger partial charge in [0.2, 0.25) is 5.91 Å². The molecule has 3 N–H and O–H groups in total. The Kier molecular flexibility index (Phi) is 5.69. The van der Waals surface area contributed by atoms with E-state index >= 15 is 0 Å². The molecule has 0 saturated carbocycles. The van der Waals surface area contributed by atoms with E-state index < -0.39 is 24.0 Å². The van der Waals surface area contributed by atoms with E-state index in [1.165, 1.54) is 13.3 Å². The number of amides is 1. The van der Waals surface area contributed by atoms with Crippen molar-refractivity contribution in [3.05, 3.63) is 18.0 Å². The molecule has 1 rings (SSSR count). The molecule has 0 radical (unpaired) electrons. The van der Waals surface area contributed by atoms with Gasteiger partial charge in [0.1, 0.15) is 12.1 Å². The molecule has 0 aliphatic rings. The normalized spacial score (nSPS) is 13.9. The van der Waals surface area contributed by atoms with Crippen LogP contribution in [0.3, 0.4) is 0 Å². The van der Waals surface area contributed by atoms with Crippen LogP contribution in [0, 0.1) is 5.92 Å². The van der Waals surface area contributed by atoms with Gasteiger partial charge in [-0.2, -0.15) is 5.10 Å². The van der Waals surface area contributed by atoms with Crippen molar-refractivity contribution in [2.45, 2.75) is 32.4 Å². The fourth-order valence-electron chi connectivity index (χ4n) is 1.84. The van der Waals surface area contributed by atoms with Crippen LogP contribution in [0.2, 0.25) is 0 Å². The smallest absolute Gasteiger partial charge is 0.328 e. The average Bonchev–Trinajstić information content (AvgIpc) is 2.82. The number of rotatable bonds is 6. The van der Waals surface area contributed by atoms with E-state index in [1.807, 2.05) is 13.8 Å². The molecule has 7 nitrogen and oxygen atoms in total. The molecule has 2 atom stereocenters. The van der Waals surface area contributed by atoms with E-state index in [-0.39, 0.29) is 5.92 Å². The van der Waals surface area contributed by atoms with Gasteiger partial charge in [-0.15, -0.1) is 0 Å². The highest BCUT2D eigenvalue weighted by Gasteiger charge is 2.26. The quantitative estimate of drug-likeness (QED) is 0.722. The first-order valence-corrected chi connectivity index (χ1v) is 6.47. The summed E-state index contributed by atoms with van der Waals surface area (Å²) in [7, 11) is 3.03. The van der Waals surface area contributed by atoms with Gasteiger partial charge in [-0.25, -0.2) is 4.79 Å². The topological polar surface area (TPSA) is 99.2 Å². The second-order valence-corrected chi connectivity index (χ2v) is 5.14. The minimum absolute atomic E-state index is 0.244. The second kappa shape index (κ2) is 7.04. The zero-order valence-corrected chi connectivity index (χ0v) is 12.3. The SMILES string of the molecule is COC(=O)[C@H](CC(C)C)NC(=O)C(N)c1cnn(C)c1. The Hall–Kier alpha value is -1.89. The number of methoxy groups -OCH3 is 1. The number of hydrogen-bond donors (Lipinski definition) is 2. The predicted octanol–water partition coefficient (Wildman–Crippen LogP) is 0.124. The first-order chi connectivity index (χ1) is 9.35. The van der Waals surface area contributed by atoms with Crippen molar-refractivity contribution in [2.75, 3.05) is 7.11 Å². The summed E-state index contributed by atoms with van der Waals surface area (Å²) >= 11 is 0. The third-order valence-corrected chi connectivity index (χ3v) is 2.88. The molecule has 0 fully saturated rings. The van der Waals surface area contributed by atoms with Gasteiger partial charge in [0, 0.05) is 18.8 Å². The summed E-state index contributed by atoms with van der Waals surface area (Å²) in [5.74, 6) is -0.645. The molecule has 112 valence electrons. The molecule has 0 bridgehead atoms. The first-order valence-electron chi connectivity index (χ1n) is 6.47. The summed E-state index contributed by atoms with van der Waals surface area (Å²) in [6, 6.07) is -1.54. The molecule has 0 aliphatic carbocycles. The molecular weight excluding hydrogens is 260 g/mol. The second-order valence-electron chi connectivity index (χ2n) is 5.14. The van der Waals surface area contributed by atoms with Gasteiger partial charge >= 0.3 is 5.97 Å². The van der Waals surface area contributed by atoms with Gasteiger partial charge < -0.3 is 15.8 Å². The fraction of sp³-hybridized carbons (Fsp3) is 0.615. The molecule has 20 heavy (non-hydrogen) atoms. The maximum absolute atomic E-state index is 12.1. The van der Waals surface area contributed by atoms with Crippen LogP contribution in [-0.4, -0.2) is 34.8 Å². The number of nitrogens with two attached hydrogens (primary N) is 1. The lowest BCUT2D eigenvalue weighted by Gasteiger charge is -2.20. The van der Waals surface area contributed by atoms with Crippen molar-refractivity contribution in [3.8, 4) is 0 Å². The third-order valence-electron chi connectivity index (χ3n) is 2.88. The van der Waals surface area contributed by atoms with E-state index in [1.54, 1.807) is 17.9 Å². The molecule has 1 unspecified atom stereocenters. The highest BCUT2D eigenvalue weighted by Crippen LogP contribution is 2.11. The largest absolute Gasteiger partial charge is 0.467 e. The molecule has 1 amide bonds. The Balaban J connectivity index is 2.72. The molecule has 7 heteroatoms. The Morgan fingerprint density at radius 2 is 2.15 bits per heavy atom. The standard InChI is InChI=1S/C13H22N4O3/c1-8(2)5-10(13(19)20-4)16-12(18)11(14)9-6-15-17(3)7-9/h6-8,10-11H,5,14H2,1-4H3,(H,16,18)/t10-,11?/m0/s1. The van der Waals surface area contributed by atoms with Crippen molar-refractivity contribution in [2.24, 2.45) is 18.7 Å². The summed E-state index contributed by atoms with van der Waals surface area (Å²) in [5.41, 5.74) is 6.45. The van der Waals surface area contributed by atoms with Crippen LogP contribution in [0.25, 0.3) is 0 Å².